The first-order chi connectivity index (χ1) is 13.8. The number of pyridine rings is 1. The topological polar surface area (TPSA) is 86.6 Å². The van der Waals surface area contributed by atoms with E-state index in [2.05, 4.69) is 10.1 Å². The highest BCUT2D eigenvalue weighted by Crippen LogP contribution is 2.35. The van der Waals surface area contributed by atoms with Crippen LogP contribution in [-0.2, 0) is 21.2 Å². The molecule has 1 fully saturated rings. The van der Waals surface area contributed by atoms with Crippen LogP contribution in [0, 0.1) is 0 Å². The Kier molecular flexibility index (Phi) is 5.05. The van der Waals surface area contributed by atoms with E-state index in [1.807, 2.05) is 0 Å². The Bertz CT molecular complexity index is 1110. The van der Waals surface area contributed by atoms with Crippen molar-refractivity contribution in [3.8, 4) is 17.1 Å². The minimum absolute atomic E-state index is 0.139. The monoisotopic (exact) mass is 421 g/mol. The van der Waals surface area contributed by atoms with Gasteiger partial charge in [-0.2, -0.15) is 5.10 Å². The summed E-state index contributed by atoms with van der Waals surface area (Å²) in [6.45, 7) is 0.561. The second-order valence-electron chi connectivity index (χ2n) is 6.57. The van der Waals surface area contributed by atoms with Crippen LogP contribution in [0.5, 0.6) is 5.75 Å². The molecule has 152 valence electrons. The van der Waals surface area contributed by atoms with Crippen molar-refractivity contribution < 1.29 is 26.7 Å². The van der Waals surface area contributed by atoms with Crippen LogP contribution in [0.1, 0.15) is 23.8 Å². The smallest absolute Gasteiger partial charge is 0.267 e. The van der Waals surface area contributed by atoms with Crippen molar-refractivity contribution in [2.75, 3.05) is 12.9 Å². The zero-order valence-corrected chi connectivity index (χ0v) is 16.1. The molecule has 0 radical (unpaired) electrons. The first-order valence-corrected chi connectivity index (χ1v) is 10.6. The molecule has 1 aromatic carbocycles. The number of aromatic nitrogens is 3. The lowest BCUT2D eigenvalue weighted by atomic mass is 10.2. The summed E-state index contributed by atoms with van der Waals surface area (Å²) in [5, 5.41) is 3.99. The maximum absolute atomic E-state index is 13.3. The Morgan fingerprint density at radius 1 is 1.28 bits per heavy atom. The van der Waals surface area contributed by atoms with Crippen LogP contribution >= 0.6 is 0 Å². The molecular formula is C19H17F2N3O4S. The Morgan fingerprint density at radius 2 is 2.07 bits per heavy atom. The average Bonchev–Trinajstić information content (AvgIpc) is 3.44. The molecule has 1 aliphatic rings. The fourth-order valence-corrected chi connectivity index (χ4v) is 3.53. The van der Waals surface area contributed by atoms with Gasteiger partial charge in [0.1, 0.15) is 12.4 Å². The number of benzene rings is 1. The van der Waals surface area contributed by atoms with E-state index < -0.39 is 16.3 Å². The number of epoxide rings is 1. The minimum Gasteiger partial charge on any atom is -0.487 e. The molecule has 0 amide bonds. The van der Waals surface area contributed by atoms with Gasteiger partial charge in [0, 0.05) is 6.26 Å². The van der Waals surface area contributed by atoms with E-state index in [0.29, 0.717) is 23.6 Å². The van der Waals surface area contributed by atoms with Crippen LogP contribution in [0.15, 0.2) is 53.7 Å². The summed E-state index contributed by atoms with van der Waals surface area (Å²) >= 11 is 0. The average molecular weight is 421 g/mol. The third-order valence-corrected chi connectivity index (χ3v) is 5.47. The maximum Gasteiger partial charge on any atom is 0.267 e. The zero-order chi connectivity index (χ0) is 20.6. The summed E-state index contributed by atoms with van der Waals surface area (Å²) in [6, 6.07) is 9.64. The summed E-state index contributed by atoms with van der Waals surface area (Å²) in [5.41, 5.74) is 1.02. The number of rotatable bonds is 7. The van der Waals surface area contributed by atoms with Gasteiger partial charge in [-0.15, -0.1) is 0 Å². The summed E-state index contributed by atoms with van der Waals surface area (Å²) in [5.74, 6) is 0.422. The van der Waals surface area contributed by atoms with Gasteiger partial charge < -0.3 is 9.47 Å². The number of hydrogen-bond acceptors (Lipinski definition) is 6. The first kappa shape index (κ1) is 19.5. The van der Waals surface area contributed by atoms with Crippen molar-refractivity contribution in [3.05, 3.63) is 59.9 Å². The van der Waals surface area contributed by atoms with Crippen molar-refractivity contribution in [2.24, 2.45) is 0 Å². The number of nitrogens with zero attached hydrogens (tertiary/aromatic N) is 3. The van der Waals surface area contributed by atoms with Crippen LogP contribution in [-0.4, -0.2) is 36.0 Å². The molecule has 1 saturated heterocycles. The summed E-state index contributed by atoms with van der Waals surface area (Å²) in [7, 11) is -3.30. The number of alkyl halides is 2. The summed E-state index contributed by atoms with van der Waals surface area (Å²) in [4.78, 5) is 4.44. The molecule has 2 aromatic heterocycles. The normalized spacial score (nSPS) is 16.2. The molecule has 10 heteroatoms. The highest BCUT2D eigenvalue weighted by Gasteiger charge is 2.32. The lowest BCUT2D eigenvalue weighted by Crippen LogP contribution is -2.03. The molecule has 7 nitrogen and oxygen atoms in total. The molecule has 3 heterocycles. The highest BCUT2D eigenvalue weighted by molar-refractivity contribution is 7.90. The van der Waals surface area contributed by atoms with E-state index in [1.54, 1.807) is 30.3 Å². The molecule has 29 heavy (non-hydrogen) atoms. The second-order valence-corrected chi connectivity index (χ2v) is 8.58. The first-order valence-electron chi connectivity index (χ1n) is 8.68. The number of ether oxygens (including phenoxy) is 2. The molecule has 0 aliphatic carbocycles. The highest BCUT2D eigenvalue weighted by atomic mass is 32.2. The van der Waals surface area contributed by atoms with Crippen LogP contribution in [0.4, 0.5) is 8.78 Å². The molecule has 1 aliphatic heterocycles. The molecule has 0 spiro atoms. The lowest BCUT2D eigenvalue weighted by molar-refractivity contribution is 0.152. The van der Waals surface area contributed by atoms with Crippen molar-refractivity contribution in [1.82, 2.24) is 14.8 Å². The Balaban J connectivity index is 1.52. The number of sulfone groups is 1. The van der Waals surface area contributed by atoms with Gasteiger partial charge in [0.05, 0.1) is 40.8 Å². The fourth-order valence-electron chi connectivity index (χ4n) is 2.84. The van der Waals surface area contributed by atoms with Gasteiger partial charge >= 0.3 is 0 Å². The van der Waals surface area contributed by atoms with Crippen LogP contribution < -0.4 is 4.74 Å². The van der Waals surface area contributed by atoms with Gasteiger partial charge in [0.25, 0.3) is 6.43 Å². The van der Waals surface area contributed by atoms with E-state index >= 15 is 0 Å². The van der Waals surface area contributed by atoms with Crippen LogP contribution in [0.3, 0.4) is 0 Å². The summed E-state index contributed by atoms with van der Waals surface area (Å²) < 4.78 is 62.1. The van der Waals surface area contributed by atoms with Gasteiger partial charge in [-0.25, -0.2) is 21.9 Å². The quantitative estimate of drug-likeness (QED) is 0.544. The van der Waals surface area contributed by atoms with Gasteiger partial charge in [-0.3, -0.25) is 4.98 Å². The predicted octanol–water partition coefficient (Wildman–Crippen LogP) is 3.39. The number of hydrogen-bond donors (Lipinski definition) is 0. The molecule has 1 unspecified atom stereocenters. The summed E-state index contributed by atoms with van der Waals surface area (Å²) in [6.07, 6.45) is 0.661. The standard InChI is InChI=1S/C19H17F2N3O4S/c1-29(25,26)14-4-2-3-12(7-14)10-27-13-5-6-16(22-8-13)18-15(19(20)21)9-23-24(18)17-11-28-17/h2-9,17,19H,10-11H2,1H3. The minimum atomic E-state index is -3.30. The molecule has 0 N–H and O–H groups in total. The second kappa shape index (κ2) is 7.53. The maximum atomic E-state index is 13.3. The molecule has 0 bridgehead atoms. The third-order valence-electron chi connectivity index (χ3n) is 4.36. The van der Waals surface area contributed by atoms with E-state index in [1.165, 1.54) is 16.9 Å². The van der Waals surface area contributed by atoms with Crippen LogP contribution in [0.25, 0.3) is 11.4 Å². The predicted molar refractivity (Wildman–Crippen MR) is 99.3 cm³/mol. The SMILES string of the molecule is CS(=O)(=O)c1cccc(COc2ccc(-c3c(C(F)F)cnn3C3CO3)nc2)c1. The zero-order valence-electron chi connectivity index (χ0n) is 15.3. The van der Waals surface area contributed by atoms with E-state index in [0.717, 1.165) is 12.5 Å². The fraction of sp³-hybridized carbons (Fsp3) is 0.263. The van der Waals surface area contributed by atoms with E-state index in [9.17, 15) is 17.2 Å². The van der Waals surface area contributed by atoms with E-state index in [4.69, 9.17) is 9.47 Å². The Hall–Kier alpha value is -2.85. The van der Waals surface area contributed by atoms with Crippen molar-refractivity contribution in [1.29, 1.82) is 0 Å². The molecule has 1 atom stereocenters. The van der Waals surface area contributed by atoms with Crippen molar-refractivity contribution >= 4 is 9.84 Å². The third kappa shape index (κ3) is 4.28. The lowest BCUT2D eigenvalue weighted by Gasteiger charge is -2.10. The Morgan fingerprint density at radius 3 is 2.69 bits per heavy atom. The largest absolute Gasteiger partial charge is 0.487 e. The van der Waals surface area contributed by atoms with Crippen molar-refractivity contribution in [3.63, 3.8) is 0 Å². The Labute approximate surface area is 165 Å². The van der Waals surface area contributed by atoms with Gasteiger partial charge in [-0.1, -0.05) is 12.1 Å². The van der Waals surface area contributed by atoms with Gasteiger partial charge in [0.2, 0.25) is 0 Å². The van der Waals surface area contributed by atoms with E-state index in [-0.39, 0.29) is 29.0 Å². The molecule has 3 aromatic rings. The molecule has 4 rings (SSSR count). The van der Waals surface area contributed by atoms with Crippen molar-refractivity contribution in [2.45, 2.75) is 24.2 Å². The molecule has 0 saturated carbocycles. The molecular weight excluding hydrogens is 404 g/mol. The van der Waals surface area contributed by atoms with Crippen LogP contribution in [0.2, 0.25) is 0 Å². The van der Waals surface area contributed by atoms with Gasteiger partial charge in [-0.05, 0) is 29.8 Å². The number of halogens is 2. The van der Waals surface area contributed by atoms with Gasteiger partial charge in [0.15, 0.2) is 16.1 Å².